The first-order valence-electron chi connectivity index (χ1n) is 9.67. The van der Waals surface area contributed by atoms with Gasteiger partial charge >= 0.3 is 0 Å². The number of para-hydroxylation sites is 2. The molecule has 156 valence electrons. The van der Waals surface area contributed by atoms with Crippen LogP contribution in [0.25, 0.3) is 20.9 Å². The topological polar surface area (TPSA) is 69.0 Å². The van der Waals surface area contributed by atoms with Gasteiger partial charge in [-0.25, -0.2) is 9.97 Å². The first kappa shape index (κ1) is 21.0. The van der Waals surface area contributed by atoms with Gasteiger partial charge in [0.15, 0.2) is 0 Å². The summed E-state index contributed by atoms with van der Waals surface area (Å²) in [4.78, 5) is 22.9. The first-order chi connectivity index (χ1) is 14.6. The maximum absolute atomic E-state index is 12.7. The lowest BCUT2D eigenvalue weighted by Gasteiger charge is -2.10. The van der Waals surface area contributed by atoms with Crippen LogP contribution in [0.4, 0.5) is 5.95 Å². The predicted molar refractivity (Wildman–Crippen MR) is 124 cm³/mol. The van der Waals surface area contributed by atoms with Gasteiger partial charge in [-0.15, -0.1) is 22.7 Å². The number of thiophene rings is 1. The molecule has 0 saturated heterocycles. The van der Waals surface area contributed by atoms with E-state index in [0.717, 1.165) is 43.9 Å². The van der Waals surface area contributed by atoms with Gasteiger partial charge in [-0.1, -0.05) is 23.7 Å². The van der Waals surface area contributed by atoms with Crippen molar-refractivity contribution in [3.8, 4) is 9.88 Å². The number of nitrogens with one attached hydrogen (secondary N) is 1. The molecular formula is C21H21ClN4O2S2. The molecule has 1 amide bonds. The fraction of sp³-hybridized carbons (Fsp3) is 0.286. The molecule has 0 aliphatic heterocycles. The molecule has 6 nitrogen and oxygen atoms in total. The highest BCUT2D eigenvalue weighted by molar-refractivity contribution is 7.23. The Morgan fingerprint density at radius 1 is 1.23 bits per heavy atom. The van der Waals surface area contributed by atoms with Gasteiger partial charge < -0.3 is 9.30 Å². The van der Waals surface area contributed by atoms with Gasteiger partial charge in [0.05, 0.1) is 32.4 Å². The number of anilines is 1. The quantitative estimate of drug-likeness (QED) is 0.336. The van der Waals surface area contributed by atoms with Crippen molar-refractivity contribution < 1.29 is 9.53 Å². The zero-order chi connectivity index (χ0) is 20.9. The molecule has 0 spiro atoms. The van der Waals surface area contributed by atoms with Gasteiger partial charge in [-0.2, -0.15) is 0 Å². The number of aromatic nitrogens is 3. The van der Waals surface area contributed by atoms with Gasteiger partial charge in [0, 0.05) is 25.1 Å². The molecule has 4 aromatic rings. The molecule has 0 atom stereocenters. The van der Waals surface area contributed by atoms with Crippen molar-refractivity contribution in [2.45, 2.75) is 26.3 Å². The minimum absolute atomic E-state index is 0.141. The molecule has 0 fully saturated rings. The van der Waals surface area contributed by atoms with Crippen LogP contribution in [0.15, 0.2) is 41.8 Å². The number of hydrogen-bond acceptors (Lipinski definition) is 6. The lowest BCUT2D eigenvalue weighted by Crippen LogP contribution is -2.18. The van der Waals surface area contributed by atoms with E-state index >= 15 is 0 Å². The van der Waals surface area contributed by atoms with Crippen LogP contribution in [0.1, 0.15) is 19.0 Å². The number of halogens is 1. The minimum atomic E-state index is -0.141. The van der Waals surface area contributed by atoms with E-state index < -0.39 is 0 Å². The van der Waals surface area contributed by atoms with Crippen LogP contribution in [-0.4, -0.2) is 33.7 Å². The summed E-state index contributed by atoms with van der Waals surface area (Å²) in [6, 6.07) is 11.7. The SMILES string of the molecule is CCOCCCn1c(NC(=O)Cc2csc(-c3ccc(Cl)s3)n2)nc2ccccc21. The van der Waals surface area contributed by atoms with Crippen molar-refractivity contribution in [2.24, 2.45) is 0 Å². The van der Waals surface area contributed by atoms with E-state index in [2.05, 4.69) is 15.3 Å². The molecule has 0 unspecified atom stereocenters. The maximum atomic E-state index is 12.7. The second kappa shape index (κ2) is 9.70. The van der Waals surface area contributed by atoms with Crippen molar-refractivity contribution in [2.75, 3.05) is 18.5 Å². The van der Waals surface area contributed by atoms with Crippen molar-refractivity contribution in [1.82, 2.24) is 14.5 Å². The van der Waals surface area contributed by atoms with Gasteiger partial charge in [-0.05, 0) is 37.6 Å². The van der Waals surface area contributed by atoms with Gasteiger partial charge in [0.1, 0.15) is 5.01 Å². The molecule has 0 saturated carbocycles. The Kier molecular flexibility index (Phi) is 6.79. The molecule has 3 heterocycles. The number of benzene rings is 1. The Morgan fingerprint density at radius 3 is 2.90 bits per heavy atom. The number of carbonyl (C=O) groups is 1. The molecule has 3 aromatic heterocycles. The van der Waals surface area contributed by atoms with Crippen molar-refractivity contribution in [3.63, 3.8) is 0 Å². The summed E-state index contributed by atoms with van der Waals surface area (Å²) in [6.45, 7) is 4.07. The van der Waals surface area contributed by atoms with Crippen LogP contribution < -0.4 is 5.32 Å². The van der Waals surface area contributed by atoms with E-state index in [-0.39, 0.29) is 12.3 Å². The van der Waals surface area contributed by atoms with Crippen LogP contribution >= 0.6 is 34.3 Å². The van der Waals surface area contributed by atoms with Gasteiger partial charge in [0.25, 0.3) is 0 Å². The largest absolute Gasteiger partial charge is 0.382 e. The highest BCUT2D eigenvalue weighted by Crippen LogP contribution is 2.33. The highest BCUT2D eigenvalue weighted by atomic mass is 35.5. The lowest BCUT2D eigenvalue weighted by molar-refractivity contribution is -0.115. The van der Waals surface area contributed by atoms with Gasteiger partial charge in [0.2, 0.25) is 11.9 Å². The summed E-state index contributed by atoms with van der Waals surface area (Å²) in [5, 5.41) is 5.74. The van der Waals surface area contributed by atoms with E-state index in [1.807, 2.05) is 53.3 Å². The average molecular weight is 461 g/mol. The van der Waals surface area contributed by atoms with E-state index in [4.69, 9.17) is 16.3 Å². The number of thiazole rings is 1. The molecule has 0 bridgehead atoms. The van der Waals surface area contributed by atoms with Crippen molar-refractivity contribution >= 4 is 57.2 Å². The number of ether oxygens (including phenoxy) is 1. The standard InChI is InChI=1S/C21H21ClN4O2S2/c1-2-28-11-5-10-26-16-7-4-3-6-15(16)24-21(26)25-19(27)12-14-13-29-20(23-14)17-8-9-18(22)30-17/h3-4,6-9,13H,2,5,10-12H2,1H3,(H,24,25,27). The Balaban J connectivity index is 1.47. The second-order valence-corrected chi connectivity index (χ2v) is 9.17. The number of hydrogen-bond donors (Lipinski definition) is 1. The summed E-state index contributed by atoms with van der Waals surface area (Å²) in [5.74, 6) is 0.413. The molecule has 0 radical (unpaired) electrons. The van der Waals surface area contributed by atoms with Crippen LogP contribution in [0.3, 0.4) is 0 Å². The number of imidazole rings is 1. The molecule has 30 heavy (non-hydrogen) atoms. The fourth-order valence-electron chi connectivity index (χ4n) is 3.13. The molecule has 0 aliphatic carbocycles. The van der Waals surface area contributed by atoms with Crippen LogP contribution in [-0.2, 0) is 22.5 Å². The predicted octanol–water partition coefficient (Wildman–Crippen LogP) is 5.48. The first-order valence-corrected chi connectivity index (χ1v) is 11.7. The van der Waals surface area contributed by atoms with Crippen LogP contribution in [0, 0.1) is 0 Å². The summed E-state index contributed by atoms with van der Waals surface area (Å²) in [6.07, 6.45) is 1.04. The second-order valence-electron chi connectivity index (χ2n) is 6.60. The molecule has 0 aliphatic rings. The number of rotatable bonds is 9. The lowest BCUT2D eigenvalue weighted by atomic mass is 10.3. The van der Waals surface area contributed by atoms with E-state index in [1.54, 1.807) is 0 Å². The smallest absolute Gasteiger partial charge is 0.232 e. The molecule has 1 N–H and O–H groups in total. The highest BCUT2D eigenvalue weighted by Gasteiger charge is 2.15. The van der Waals surface area contributed by atoms with Crippen LogP contribution in [0.5, 0.6) is 0 Å². The molecular weight excluding hydrogens is 440 g/mol. The minimum Gasteiger partial charge on any atom is -0.382 e. The zero-order valence-electron chi connectivity index (χ0n) is 16.4. The normalized spacial score (nSPS) is 11.3. The molecule has 9 heteroatoms. The van der Waals surface area contributed by atoms with Gasteiger partial charge in [-0.3, -0.25) is 10.1 Å². The third-order valence-electron chi connectivity index (χ3n) is 4.46. The number of nitrogens with zero attached hydrogens (tertiary/aromatic N) is 3. The number of aryl methyl sites for hydroxylation is 1. The van der Waals surface area contributed by atoms with Crippen molar-refractivity contribution in [3.05, 3.63) is 51.8 Å². The third-order valence-corrected chi connectivity index (χ3v) is 6.75. The Hall–Kier alpha value is -2.26. The summed E-state index contributed by atoms with van der Waals surface area (Å²) in [5.41, 5.74) is 2.58. The molecule has 1 aromatic carbocycles. The monoisotopic (exact) mass is 460 g/mol. The maximum Gasteiger partial charge on any atom is 0.232 e. The Bertz CT molecular complexity index is 1150. The number of carbonyl (C=O) groups excluding carboxylic acids is 1. The zero-order valence-corrected chi connectivity index (χ0v) is 18.8. The van der Waals surface area contributed by atoms with E-state index in [0.29, 0.717) is 19.2 Å². The average Bonchev–Trinajstić information content (AvgIpc) is 3.44. The summed E-state index contributed by atoms with van der Waals surface area (Å²) >= 11 is 9.00. The van der Waals surface area contributed by atoms with E-state index in [1.165, 1.54) is 22.7 Å². The fourth-order valence-corrected chi connectivity index (χ4v) is 5.07. The number of amides is 1. The van der Waals surface area contributed by atoms with Crippen molar-refractivity contribution in [1.29, 1.82) is 0 Å². The Labute approximate surface area is 187 Å². The number of fused-ring (bicyclic) bond motifs is 1. The Morgan fingerprint density at radius 2 is 2.10 bits per heavy atom. The van der Waals surface area contributed by atoms with Crippen LogP contribution in [0.2, 0.25) is 4.34 Å². The third kappa shape index (κ3) is 4.89. The molecule has 4 rings (SSSR count). The summed E-state index contributed by atoms with van der Waals surface area (Å²) < 4.78 is 8.21. The summed E-state index contributed by atoms with van der Waals surface area (Å²) in [7, 11) is 0. The van der Waals surface area contributed by atoms with E-state index in [9.17, 15) is 4.79 Å².